The van der Waals surface area contributed by atoms with Crippen molar-refractivity contribution in [3.63, 3.8) is 0 Å². The Hall–Kier alpha value is -0.810. The van der Waals surface area contributed by atoms with Gasteiger partial charge < -0.3 is 0 Å². The molecule has 0 rings (SSSR count). The van der Waals surface area contributed by atoms with Crippen LogP contribution < -0.4 is 0 Å². The van der Waals surface area contributed by atoms with Crippen LogP contribution in [0, 0.1) is 12.3 Å². The molecule has 1 atom stereocenters. The molecule has 2 heteroatoms. The number of rotatable bonds is 7. The summed E-state index contributed by atoms with van der Waals surface area (Å²) in [4.78, 5) is 13.4. The number of hydrogen-bond acceptors (Lipinski definition) is 2. The first-order chi connectivity index (χ1) is 6.61. The minimum atomic E-state index is -0.0378. The Bertz CT molecular complexity index is 203. The van der Waals surface area contributed by atoms with E-state index < -0.39 is 0 Å². The second-order valence-corrected chi connectivity index (χ2v) is 3.85. The number of carbonyl (C=O) groups excluding carboxylic acids is 1. The van der Waals surface area contributed by atoms with Gasteiger partial charge in [-0.05, 0) is 20.5 Å². The summed E-state index contributed by atoms with van der Waals surface area (Å²) in [6.45, 7) is 2.13. The summed E-state index contributed by atoms with van der Waals surface area (Å²) in [6, 6.07) is -0.0378. The molecule has 2 nitrogen and oxygen atoms in total. The fraction of sp³-hybridized carbons (Fsp3) is 0.750. The number of unbranched alkanes of at least 4 members (excludes halogenated alkanes) is 2. The summed E-state index contributed by atoms with van der Waals surface area (Å²) in [7, 11) is 3.81. The highest BCUT2D eigenvalue weighted by molar-refractivity contribution is 5.79. The third kappa shape index (κ3) is 5.77. The van der Waals surface area contributed by atoms with Gasteiger partial charge in [-0.25, -0.2) is 0 Å². The summed E-state index contributed by atoms with van der Waals surface area (Å²) >= 11 is 0. The number of carbonyl (C=O) groups is 1. The Morgan fingerprint density at radius 2 is 2.07 bits per heavy atom. The second kappa shape index (κ2) is 7.58. The van der Waals surface area contributed by atoms with Crippen molar-refractivity contribution < 1.29 is 4.79 Å². The molecular formula is C12H21NO. The lowest BCUT2D eigenvalue weighted by Crippen LogP contribution is -2.28. The Morgan fingerprint density at radius 3 is 2.50 bits per heavy atom. The number of nitrogens with zero attached hydrogens (tertiary/aromatic N) is 1. The zero-order chi connectivity index (χ0) is 11.0. The van der Waals surface area contributed by atoms with Crippen LogP contribution in [0.2, 0.25) is 0 Å². The molecule has 0 aliphatic carbocycles. The van der Waals surface area contributed by atoms with Gasteiger partial charge in [-0.1, -0.05) is 25.7 Å². The van der Waals surface area contributed by atoms with E-state index in [1.54, 1.807) is 0 Å². The van der Waals surface area contributed by atoms with Gasteiger partial charge in [-0.3, -0.25) is 9.69 Å². The van der Waals surface area contributed by atoms with E-state index >= 15 is 0 Å². The van der Waals surface area contributed by atoms with Gasteiger partial charge in [0.05, 0.1) is 6.04 Å². The van der Waals surface area contributed by atoms with Crippen LogP contribution in [0.15, 0.2) is 0 Å². The van der Waals surface area contributed by atoms with Crippen molar-refractivity contribution in [1.82, 2.24) is 4.90 Å². The maximum Gasteiger partial charge on any atom is 0.135 e. The molecule has 0 aromatic carbocycles. The molecule has 80 valence electrons. The van der Waals surface area contributed by atoms with Gasteiger partial charge in [-0.2, -0.15) is 0 Å². The van der Waals surface area contributed by atoms with Crippen molar-refractivity contribution in [3.8, 4) is 12.3 Å². The van der Waals surface area contributed by atoms with Crippen LogP contribution in [-0.2, 0) is 4.79 Å². The highest BCUT2D eigenvalue weighted by Gasteiger charge is 2.12. The van der Waals surface area contributed by atoms with Crippen LogP contribution in [0.3, 0.4) is 0 Å². The SMILES string of the molecule is C#CC(CC(=O)CCCCC)N(C)C. The summed E-state index contributed by atoms with van der Waals surface area (Å²) < 4.78 is 0. The van der Waals surface area contributed by atoms with Crippen molar-refractivity contribution in [2.75, 3.05) is 14.1 Å². The lowest BCUT2D eigenvalue weighted by molar-refractivity contribution is -0.119. The standard InChI is InChI=1S/C12H21NO/c1-5-7-8-9-12(14)10-11(6-2)13(3)4/h2,11H,5,7-10H2,1,3-4H3. The molecule has 0 radical (unpaired) electrons. The predicted octanol–water partition coefficient (Wildman–Crippen LogP) is 2.09. The maximum atomic E-state index is 11.5. The molecule has 0 aliphatic rings. The van der Waals surface area contributed by atoms with Gasteiger partial charge >= 0.3 is 0 Å². The molecule has 0 N–H and O–H groups in total. The van der Waals surface area contributed by atoms with Gasteiger partial charge in [0.2, 0.25) is 0 Å². The van der Waals surface area contributed by atoms with Crippen molar-refractivity contribution in [2.45, 2.75) is 45.1 Å². The van der Waals surface area contributed by atoms with Crippen LogP contribution in [0.4, 0.5) is 0 Å². The lowest BCUT2D eigenvalue weighted by Gasteiger charge is -2.17. The minimum Gasteiger partial charge on any atom is -0.300 e. The van der Waals surface area contributed by atoms with Crippen molar-refractivity contribution in [2.24, 2.45) is 0 Å². The molecular weight excluding hydrogens is 174 g/mol. The van der Waals surface area contributed by atoms with Crippen molar-refractivity contribution in [3.05, 3.63) is 0 Å². The first kappa shape index (κ1) is 13.2. The van der Waals surface area contributed by atoms with Gasteiger partial charge in [0, 0.05) is 12.8 Å². The van der Waals surface area contributed by atoms with Crippen molar-refractivity contribution >= 4 is 5.78 Å². The Kier molecular flexibility index (Phi) is 7.14. The average Bonchev–Trinajstić information content (AvgIpc) is 2.14. The van der Waals surface area contributed by atoms with E-state index in [1.165, 1.54) is 0 Å². The van der Waals surface area contributed by atoms with E-state index in [0.29, 0.717) is 12.8 Å². The van der Waals surface area contributed by atoms with Gasteiger partial charge in [0.15, 0.2) is 0 Å². The van der Waals surface area contributed by atoms with E-state index in [0.717, 1.165) is 19.3 Å². The predicted molar refractivity (Wildman–Crippen MR) is 60.1 cm³/mol. The van der Waals surface area contributed by atoms with E-state index in [-0.39, 0.29) is 11.8 Å². The Morgan fingerprint density at radius 1 is 1.43 bits per heavy atom. The highest BCUT2D eigenvalue weighted by atomic mass is 16.1. The molecule has 0 aromatic rings. The van der Waals surface area contributed by atoms with Gasteiger partial charge in [-0.15, -0.1) is 6.42 Å². The molecule has 0 saturated carbocycles. The fourth-order valence-electron chi connectivity index (χ4n) is 1.28. The zero-order valence-corrected chi connectivity index (χ0v) is 9.55. The Labute approximate surface area is 87.7 Å². The first-order valence-corrected chi connectivity index (χ1v) is 5.26. The topological polar surface area (TPSA) is 20.3 Å². The molecule has 0 spiro atoms. The van der Waals surface area contributed by atoms with Crippen LogP contribution >= 0.6 is 0 Å². The molecule has 1 unspecified atom stereocenters. The monoisotopic (exact) mass is 195 g/mol. The molecule has 0 bridgehead atoms. The smallest absolute Gasteiger partial charge is 0.135 e. The van der Waals surface area contributed by atoms with Crippen LogP contribution in [0.25, 0.3) is 0 Å². The quantitative estimate of drug-likeness (QED) is 0.458. The number of terminal acetylenes is 1. The average molecular weight is 195 g/mol. The Balaban J connectivity index is 3.75. The van der Waals surface area contributed by atoms with E-state index in [2.05, 4.69) is 12.8 Å². The molecule has 0 heterocycles. The maximum absolute atomic E-state index is 11.5. The van der Waals surface area contributed by atoms with E-state index in [9.17, 15) is 4.79 Å². The number of hydrogen-bond donors (Lipinski definition) is 0. The van der Waals surface area contributed by atoms with Crippen molar-refractivity contribution in [1.29, 1.82) is 0 Å². The molecule has 14 heavy (non-hydrogen) atoms. The molecule has 0 aliphatic heterocycles. The molecule has 0 saturated heterocycles. The second-order valence-electron chi connectivity index (χ2n) is 3.85. The minimum absolute atomic E-state index is 0.0378. The van der Waals surface area contributed by atoms with Crippen LogP contribution in [-0.4, -0.2) is 30.8 Å². The number of Topliss-reactive ketones (excluding diaryl/α,β-unsaturated/α-hetero) is 1. The largest absolute Gasteiger partial charge is 0.300 e. The van der Waals surface area contributed by atoms with Crippen LogP contribution in [0.5, 0.6) is 0 Å². The summed E-state index contributed by atoms with van der Waals surface area (Å²) in [6.07, 6.45) is 9.79. The number of ketones is 1. The third-order valence-corrected chi connectivity index (χ3v) is 2.30. The molecule has 0 fully saturated rings. The lowest BCUT2D eigenvalue weighted by atomic mass is 10.1. The van der Waals surface area contributed by atoms with Gasteiger partial charge in [0.1, 0.15) is 5.78 Å². The summed E-state index contributed by atoms with van der Waals surface area (Å²) in [5.41, 5.74) is 0. The first-order valence-electron chi connectivity index (χ1n) is 5.26. The summed E-state index contributed by atoms with van der Waals surface area (Å²) in [5.74, 6) is 2.92. The van der Waals surface area contributed by atoms with E-state index in [4.69, 9.17) is 6.42 Å². The zero-order valence-electron chi connectivity index (χ0n) is 9.55. The van der Waals surface area contributed by atoms with Gasteiger partial charge in [0.25, 0.3) is 0 Å². The van der Waals surface area contributed by atoms with E-state index in [1.807, 2.05) is 19.0 Å². The highest BCUT2D eigenvalue weighted by Crippen LogP contribution is 2.06. The molecule has 0 amide bonds. The van der Waals surface area contributed by atoms with Crippen LogP contribution in [0.1, 0.15) is 39.0 Å². The summed E-state index contributed by atoms with van der Waals surface area (Å²) in [5, 5.41) is 0. The molecule has 0 aromatic heterocycles. The third-order valence-electron chi connectivity index (χ3n) is 2.30. The fourth-order valence-corrected chi connectivity index (χ4v) is 1.28. The normalized spacial score (nSPS) is 12.5.